The van der Waals surface area contributed by atoms with Gasteiger partial charge in [0.2, 0.25) is 10.0 Å². The molecule has 0 radical (unpaired) electrons. The molecule has 0 atom stereocenters. The molecule has 2 aromatic rings. The Bertz CT molecular complexity index is 770. The summed E-state index contributed by atoms with van der Waals surface area (Å²) in [7, 11) is -0.665. The molecule has 0 fully saturated rings. The molecular formula is C15H16N2O4S. The minimum atomic E-state index is -3.51. The van der Waals surface area contributed by atoms with E-state index in [1.54, 1.807) is 24.3 Å². The van der Waals surface area contributed by atoms with Crippen LogP contribution >= 0.6 is 0 Å². The van der Waals surface area contributed by atoms with Crippen molar-refractivity contribution in [2.45, 2.75) is 4.90 Å². The molecule has 2 aromatic carbocycles. The maximum Gasteiger partial charge on any atom is 0.255 e. The van der Waals surface area contributed by atoms with Gasteiger partial charge in [-0.15, -0.1) is 0 Å². The van der Waals surface area contributed by atoms with Crippen LogP contribution in [0.25, 0.3) is 0 Å². The van der Waals surface area contributed by atoms with E-state index in [1.807, 2.05) is 0 Å². The second kappa shape index (κ2) is 6.59. The highest BCUT2D eigenvalue weighted by Crippen LogP contribution is 2.23. The number of methoxy groups -OCH3 is 1. The highest BCUT2D eigenvalue weighted by atomic mass is 32.2. The normalized spacial score (nSPS) is 11.0. The Morgan fingerprint density at radius 3 is 2.27 bits per heavy atom. The van der Waals surface area contributed by atoms with Crippen molar-refractivity contribution < 1.29 is 17.9 Å². The van der Waals surface area contributed by atoms with Crippen LogP contribution in [-0.2, 0) is 10.0 Å². The fourth-order valence-corrected chi connectivity index (χ4v) is 2.58. The third-order valence-electron chi connectivity index (χ3n) is 3.05. The maximum absolute atomic E-state index is 12.2. The van der Waals surface area contributed by atoms with Crippen LogP contribution in [0.2, 0.25) is 0 Å². The summed E-state index contributed by atoms with van der Waals surface area (Å²) < 4.78 is 30.6. The zero-order valence-corrected chi connectivity index (χ0v) is 13.0. The van der Waals surface area contributed by atoms with Crippen LogP contribution < -0.4 is 14.8 Å². The highest BCUT2D eigenvalue weighted by molar-refractivity contribution is 7.89. The molecule has 0 aliphatic heterocycles. The van der Waals surface area contributed by atoms with Gasteiger partial charge in [0.25, 0.3) is 5.91 Å². The molecule has 0 saturated heterocycles. The third kappa shape index (κ3) is 3.44. The number of ether oxygens (including phenoxy) is 1. The summed E-state index contributed by atoms with van der Waals surface area (Å²) in [4.78, 5) is 12.3. The summed E-state index contributed by atoms with van der Waals surface area (Å²) in [5.41, 5.74) is 0.892. The van der Waals surface area contributed by atoms with E-state index in [9.17, 15) is 13.2 Å². The molecule has 0 heterocycles. The first-order valence-electron chi connectivity index (χ1n) is 6.46. The van der Waals surface area contributed by atoms with Gasteiger partial charge in [0, 0.05) is 5.56 Å². The predicted octanol–water partition coefficient (Wildman–Crippen LogP) is 1.86. The van der Waals surface area contributed by atoms with Gasteiger partial charge in [-0.2, -0.15) is 0 Å². The van der Waals surface area contributed by atoms with Crippen molar-refractivity contribution in [3.8, 4) is 5.75 Å². The van der Waals surface area contributed by atoms with E-state index in [1.165, 1.54) is 38.4 Å². The Morgan fingerprint density at radius 2 is 1.68 bits per heavy atom. The number of anilines is 1. The van der Waals surface area contributed by atoms with Crippen molar-refractivity contribution in [3.05, 3.63) is 54.1 Å². The van der Waals surface area contributed by atoms with E-state index in [0.717, 1.165) is 0 Å². The number of carbonyl (C=O) groups excluding carboxylic acids is 1. The largest absolute Gasteiger partial charge is 0.495 e. The highest BCUT2D eigenvalue weighted by Gasteiger charge is 2.13. The standard InChI is InChI=1S/C15H16N2O4S/c1-16-22(19,20)12-9-7-11(8-10-12)15(18)17-13-5-3-4-6-14(13)21-2/h3-10,16H,1-2H3,(H,17,18). The second-order valence-electron chi connectivity index (χ2n) is 4.39. The van der Waals surface area contributed by atoms with E-state index in [-0.39, 0.29) is 10.8 Å². The van der Waals surface area contributed by atoms with E-state index in [2.05, 4.69) is 10.0 Å². The summed E-state index contributed by atoms with van der Waals surface area (Å²) >= 11 is 0. The summed E-state index contributed by atoms with van der Waals surface area (Å²) in [5, 5.41) is 2.72. The number of benzene rings is 2. The van der Waals surface area contributed by atoms with Crippen molar-refractivity contribution in [1.82, 2.24) is 4.72 Å². The van der Waals surface area contributed by atoms with Crippen LogP contribution in [0.5, 0.6) is 5.75 Å². The van der Waals surface area contributed by atoms with Gasteiger partial charge in [-0.25, -0.2) is 13.1 Å². The quantitative estimate of drug-likeness (QED) is 0.880. The van der Waals surface area contributed by atoms with Gasteiger partial charge in [-0.05, 0) is 43.4 Å². The lowest BCUT2D eigenvalue weighted by molar-refractivity contribution is 0.102. The number of para-hydroxylation sites is 2. The first-order valence-corrected chi connectivity index (χ1v) is 7.94. The maximum atomic E-state index is 12.2. The molecule has 0 bridgehead atoms. The Morgan fingerprint density at radius 1 is 1.05 bits per heavy atom. The van der Waals surface area contributed by atoms with Crippen molar-refractivity contribution in [3.63, 3.8) is 0 Å². The van der Waals surface area contributed by atoms with E-state index in [4.69, 9.17) is 4.74 Å². The summed E-state index contributed by atoms with van der Waals surface area (Å²) in [6.45, 7) is 0. The van der Waals surface area contributed by atoms with Crippen LogP contribution in [0.4, 0.5) is 5.69 Å². The van der Waals surface area contributed by atoms with Crippen molar-refractivity contribution >= 4 is 21.6 Å². The van der Waals surface area contributed by atoms with Gasteiger partial charge >= 0.3 is 0 Å². The fraction of sp³-hybridized carbons (Fsp3) is 0.133. The molecule has 0 aliphatic carbocycles. The molecule has 116 valence electrons. The molecule has 2 N–H and O–H groups in total. The molecule has 0 aliphatic rings. The first kappa shape index (κ1) is 16.0. The molecule has 6 nitrogen and oxygen atoms in total. The van der Waals surface area contributed by atoms with Crippen LogP contribution in [-0.4, -0.2) is 28.5 Å². The Kier molecular flexibility index (Phi) is 4.79. The van der Waals surface area contributed by atoms with Crippen LogP contribution in [0.3, 0.4) is 0 Å². The number of carbonyl (C=O) groups is 1. The lowest BCUT2D eigenvalue weighted by Gasteiger charge is -2.10. The average Bonchev–Trinajstić information content (AvgIpc) is 2.55. The average molecular weight is 320 g/mol. The molecule has 1 amide bonds. The van der Waals surface area contributed by atoms with Gasteiger partial charge in [-0.3, -0.25) is 4.79 Å². The van der Waals surface area contributed by atoms with Gasteiger partial charge in [0.1, 0.15) is 5.75 Å². The topological polar surface area (TPSA) is 84.5 Å². The predicted molar refractivity (Wildman–Crippen MR) is 83.6 cm³/mol. The molecule has 0 spiro atoms. The zero-order valence-electron chi connectivity index (χ0n) is 12.2. The first-order chi connectivity index (χ1) is 10.5. The molecule has 0 saturated carbocycles. The van der Waals surface area contributed by atoms with Gasteiger partial charge in [0.15, 0.2) is 0 Å². The van der Waals surface area contributed by atoms with Crippen molar-refractivity contribution in [2.75, 3.05) is 19.5 Å². The molecule has 7 heteroatoms. The minimum absolute atomic E-state index is 0.101. The van der Waals surface area contributed by atoms with Crippen LogP contribution in [0.1, 0.15) is 10.4 Å². The Hall–Kier alpha value is -2.38. The van der Waals surface area contributed by atoms with E-state index < -0.39 is 10.0 Å². The zero-order chi connectivity index (χ0) is 16.2. The van der Waals surface area contributed by atoms with Gasteiger partial charge < -0.3 is 10.1 Å². The molecule has 0 aromatic heterocycles. The van der Waals surface area contributed by atoms with Crippen molar-refractivity contribution in [2.24, 2.45) is 0 Å². The monoisotopic (exact) mass is 320 g/mol. The van der Waals surface area contributed by atoms with Crippen molar-refractivity contribution in [1.29, 1.82) is 0 Å². The summed E-state index contributed by atoms with van der Waals surface area (Å²) in [6, 6.07) is 12.7. The smallest absolute Gasteiger partial charge is 0.255 e. The number of rotatable bonds is 5. The third-order valence-corrected chi connectivity index (χ3v) is 4.48. The molecule has 2 rings (SSSR count). The number of hydrogen-bond donors (Lipinski definition) is 2. The molecule has 0 unspecified atom stereocenters. The second-order valence-corrected chi connectivity index (χ2v) is 6.27. The van der Waals surface area contributed by atoms with E-state index in [0.29, 0.717) is 17.0 Å². The number of amides is 1. The van der Waals surface area contributed by atoms with Crippen LogP contribution in [0, 0.1) is 0 Å². The molecular weight excluding hydrogens is 304 g/mol. The summed E-state index contributed by atoms with van der Waals surface area (Å²) in [5.74, 6) is 0.197. The Labute approximate surface area is 129 Å². The van der Waals surface area contributed by atoms with Crippen LogP contribution in [0.15, 0.2) is 53.4 Å². The lowest BCUT2D eigenvalue weighted by Crippen LogP contribution is -2.19. The Balaban J connectivity index is 2.20. The van der Waals surface area contributed by atoms with Gasteiger partial charge in [-0.1, -0.05) is 12.1 Å². The molecule has 22 heavy (non-hydrogen) atoms. The minimum Gasteiger partial charge on any atom is -0.495 e. The number of sulfonamides is 1. The number of hydrogen-bond acceptors (Lipinski definition) is 4. The SMILES string of the molecule is CNS(=O)(=O)c1ccc(C(=O)Nc2ccccc2OC)cc1. The summed E-state index contributed by atoms with van der Waals surface area (Å²) in [6.07, 6.45) is 0. The number of nitrogens with one attached hydrogen (secondary N) is 2. The lowest BCUT2D eigenvalue weighted by atomic mass is 10.2. The fourth-order valence-electron chi connectivity index (χ4n) is 1.85. The van der Waals surface area contributed by atoms with Gasteiger partial charge in [0.05, 0.1) is 17.7 Å². The van der Waals surface area contributed by atoms with E-state index >= 15 is 0 Å².